The van der Waals surface area contributed by atoms with Crippen molar-refractivity contribution in [1.29, 1.82) is 0 Å². The highest BCUT2D eigenvalue weighted by Gasteiger charge is 1.95. The van der Waals surface area contributed by atoms with Gasteiger partial charge < -0.3 is 4.55 Å². The van der Waals surface area contributed by atoms with Crippen molar-refractivity contribution in [2.75, 3.05) is 5.75 Å². The molecule has 0 saturated carbocycles. The van der Waals surface area contributed by atoms with Crippen molar-refractivity contribution in [2.24, 2.45) is 0 Å². The SMILES string of the molecule is CCCCCCCCCCS(=O)(=O)[O-].c1cc[nH+]cc1. The van der Waals surface area contributed by atoms with Gasteiger partial charge in [0.05, 0.1) is 10.1 Å². The summed E-state index contributed by atoms with van der Waals surface area (Å²) in [6, 6.07) is 5.86. The van der Waals surface area contributed by atoms with Crippen molar-refractivity contribution in [3.8, 4) is 0 Å². The maximum absolute atomic E-state index is 10.2. The van der Waals surface area contributed by atoms with Gasteiger partial charge >= 0.3 is 0 Å². The molecule has 5 heteroatoms. The second-order valence-corrected chi connectivity index (χ2v) is 6.34. The fourth-order valence-electron chi connectivity index (χ4n) is 1.75. The van der Waals surface area contributed by atoms with Gasteiger partial charge in [-0.25, -0.2) is 13.4 Å². The van der Waals surface area contributed by atoms with Crippen molar-refractivity contribution in [3.05, 3.63) is 30.6 Å². The van der Waals surface area contributed by atoms with Gasteiger partial charge in [-0.2, -0.15) is 0 Å². The molecule has 0 spiro atoms. The molecular formula is C15H27NO3S. The van der Waals surface area contributed by atoms with Gasteiger partial charge in [-0.3, -0.25) is 0 Å². The van der Waals surface area contributed by atoms with Crippen LogP contribution in [0.25, 0.3) is 0 Å². The number of pyridine rings is 1. The number of rotatable bonds is 9. The van der Waals surface area contributed by atoms with E-state index in [4.69, 9.17) is 0 Å². The van der Waals surface area contributed by atoms with Crippen LogP contribution in [0, 0.1) is 0 Å². The van der Waals surface area contributed by atoms with E-state index in [2.05, 4.69) is 11.9 Å². The quantitative estimate of drug-likeness (QED) is 0.519. The molecule has 0 aliphatic heterocycles. The van der Waals surface area contributed by atoms with E-state index in [1.54, 1.807) is 0 Å². The monoisotopic (exact) mass is 301 g/mol. The number of nitrogens with one attached hydrogen (secondary N) is 1. The van der Waals surface area contributed by atoms with Crippen LogP contribution >= 0.6 is 0 Å². The van der Waals surface area contributed by atoms with Crippen molar-refractivity contribution in [1.82, 2.24) is 0 Å². The molecule has 0 unspecified atom stereocenters. The highest BCUT2D eigenvalue weighted by Crippen LogP contribution is 2.08. The fraction of sp³-hybridized carbons (Fsp3) is 0.667. The van der Waals surface area contributed by atoms with Crippen molar-refractivity contribution >= 4 is 10.1 Å². The fourth-order valence-corrected chi connectivity index (χ4v) is 2.31. The Balaban J connectivity index is 0.000000493. The first-order valence-electron chi connectivity index (χ1n) is 7.41. The zero-order valence-corrected chi connectivity index (χ0v) is 13.2. The molecule has 0 aliphatic rings. The van der Waals surface area contributed by atoms with Gasteiger partial charge in [0.15, 0.2) is 12.4 Å². The summed E-state index contributed by atoms with van der Waals surface area (Å²) < 4.78 is 30.7. The predicted octanol–water partition coefficient (Wildman–Crippen LogP) is 3.17. The standard InChI is InChI=1S/C10H22O3S.C5H5N/c1-2-3-4-5-6-7-8-9-10-14(11,12)13;1-2-4-6-5-3-1/h2-10H2,1H3,(H,11,12,13);1-5H. The molecule has 1 rings (SSSR count). The van der Waals surface area contributed by atoms with Gasteiger partial charge in [0.25, 0.3) is 0 Å². The van der Waals surface area contributed by atoms with E-state index in [9.17, 15) is 13.0 Å². The molecule has 0 aromatic carbocycles. The Morgan fingerprint density at radius 3 is 1.70 bits per heavy atom. The summed E-state index contributed by atoms with van der Waals surface area (Å²) in [4.78, 5) is 2.89. The molecule has 1 heterocycles. The average Bonchev–Trinajstić information content (AvgIpc) is 2.43. The Morgan fingerprint density at radius 2 is 1.35 bits per heavy atom. The van der Waals surface area contributed by atoms with Crippen LogP contribution in [-0.2, 0) is 10.1 Å². The van der Waals surface area contributed by atoms with Crippen LogP contribution < -0.4 is 4.98 Å². The Morgan fingerprint density at radius 1 is 0.850 bits per heavy atom. The molecule has 20 heavy (non-hydrogen) atoms. The lowest BCUT2D eigenvalue weighted by atomic mass is 10.1. The third-order valence-electron chi connectivity index (χ3n) is 2.86. The number of aromatic amines is 1. The van der Waals surface area contributed by atoms with Gasteiger partial charge in [-0.05, 0) is 6.42 Å². The van der Waals surface area contributed by atoms with Crippen LogP contribution in [0.1, 0.15) is 58.3 Å². The molecule has 0 bridgehead atoms. The Bertz CT molecular complexity index is 366. The number of H-pyrrole nitrogens is 1. The van der Waals surface area contributed by atoms with Gasteiger partial charge in [-0.1, -0.05) is 57.9 Å². The summed E-state index contributed by atoms with van der Waals surface area (Å²) >= 11 is 0. The Hall–Kier alpha value is -0.940. The van der Waals surface area contributed by atoms with E-state index in [0.717, 1.165) is 12.8 Å². The maximum atomic E-state index is 10.2. The predicted molar refractivity (Wildman–Crippen MR) is 80.2 cm³/mol. The first kappa shape index (κ1) is 19.1. The van der Waals surface area contributed by atoms with E-state index in [-0.39, 0.29) is 5.75 Å². The van der Waals surface area contributed by atoms with Gasteiger partial charge in [0.1, 0.15) is 0 Å². The largest absolute Gasteiger partial charge is 0.748 e. The summed E-state index contributed by atoms with van der Waals surface area (Å²) in [5, 5.41) is 0. The van der Waals surface area contributed by atoms with Crippen LogP contribution in [0.4, 0.5) is 0 Å². The van der Waals surface area contributed by atoms with Crippen molar-refractivity contribution in [2.45, 2.75) is 58.3 Å². The average molecular weight is 301 g/mol. The maximum Gasteiger partial charge on any atom is 0.166 e. The van der Waals surface area contributed by atoms with E-state index >= 15 is 0 Å². The van der Waals surface area contributed by atoms with Gasteiger partial charge in [-0.15, -0.1) is 0 Å². The highest BCUT2D eigenvalue weighted by molar-refractivity contribution is 7.85. The molecule has 4 nitrogen and oxygen atoms in total. The summed E-state index contributed by atoms with van der Waals surface area (Å²) in [5.74, 6) is -0.193. The van der Waals surface area contributed by atoms with Crippen LogP contribution in [0.15, 0.2) is 30.6 Å². The van der Waals surface area contributed by atoms with Crippen molar-refractivity contribution < 1.29 is 18.0 Å². The van der Waals surface area contributed by atoms with Crippen LogP contribution in [0.5, 0.6) is 0 Å². The summed E-state index contributed by atoms with van der Waals surface area (Å²) in [6.45, 7) is 2.18. The summed E-state index contributed by atoms with van der Waals surface area (Å²) in [7, 11) is -3.98. The minimum Gasteiger partial charge on any atom is -0.748 e. The second kappa shape index (κ2) is 13.1. The third kappa shape index (κ3) is 17.1. The lowest BCUT2D eigenvalue weighted by Crippen LogP contribution is -2.03. The van der Waals surface area contributed by atoms with Crippen LogP contribution in [0.3, 0.4) is 0 Å². The van der Waals surface area contributed by atoms with Crippen molar-refractivity contribution in [3.63, 3.8) is 0 Å². The molecule has 1 N–H and O–H groups in total. The lowest BCUT2D eigenvalue weighted by Gasteiger charge is -2.05. The number of hydrogen-bond acceptors (Lipinski definition) is 3. The molecule has 0 atom stereocenters. The first-order valence-corrected chi connectivity index (χ1v) is 8.98. The molecule has 0 saturated heterocycles. The molecule has 0 amide bonds. The molecule has 1 aromatic heterocycles. The molecular weight excluding hydrogens is 274 g/mol. The zero-order valence-electron chi connectivity index (χ0n) is 12.4. The number of aromatic nitrogens is 1. The lowest BCUT2D eigenvalue weighted by molar-refractivity contribution is -0.377. The third-order valence-corrected chi connectivity index (χ3v) is 3.64. The zero-order chi connectivity index (χ0) is 15.1. The molecule has 0 aliphatic carbocycles. The first-order chi connectivity index (χ1) is 9.56. The minimum atomic E-state index is -3.98. The Labute approximate surface area is 123 Å². The smallest absolute Gasteiger partial charge is 0.166 e. The molecule has 1 aromatic rings. The van der Waals surface area contributed by atoms with E-state index in [1.165, 1.54) is 32.1 Å². The topological polar surface area (TPSA) is 71.3 Å². The van der Waals surface area contributed by atoms with E-state index in [1.807, 2.05) is 30.6 Å². The van der Waals surface area contributed by atoms with Gasteiger partial charge in [0, 0.05) is 17.9 Å². The number of unbranched alkanes of at least 4 members (excludes halogenated alkanes) is 7. The van der Waals surface area contributed by atoms with Crippen LogP contribution in [0.2, 0.25) is 0 Å². The molecule has 0 fully saturated rings. The minimum absolute atomic E-state index is 0.193. The molecule has 116 valence electrons. The normalized spacial score (nSPS) is 10.7. The number of hydrogen-bond donors (Lipinski definition) is 0. The summed E-state index contributed by atoms with van der Waals surface area (Å²) in [6.07, 6.45) is 12.4. The van der Waals surface area contributed by atoms with Gasteiger partial charge in [0.2, 0.25) is 0 Å². The summed E-state index contributed by atoms with van der Waals surface area (Å²) in [5.41, 5.74) is 0. The van der Waals surface area contributed by atoms with E-state index in [0.29, 0.717) is 6.42 Å². The van der Waals surface area contributed by atoms with Crippen LogP contribution in [-0.4, -0.2) is 18.7 Å². The highest BCUT2D eigenvalue weighted by atomic mass is 32.2. The molecule has 0 radical (unpaired) electrons. The Kier molecular flexibility index (Phi) is 12.4. The second-order valence-electron chi connectivity index (χ2n) is 4.81. The van der Waals surface area contributed by atoms with E-state index < -0.39 is 10.1 Å².